The summed E-state index contributed by atoms with van der Waals surface area (Å²) in [6.07, 6.45) is 4.30. The zero-order chi connectivity index (χ0) is 14.5. The van der Waals surface area contributed by atoms with Gasteiger partial charge < -0.3 is 4.74 Å². The smallest absolute Gasteiger partial charge is 0.146 e. The molecule has 0 saturated heterocycles. The fourth-order valence-electron chi connectivity index (χ4n) is 2.15. The Labute approximate surface area is 122 Å². The second-order valence-electron chi connectivity index (χ2n) is 4.37. The van der Waals surface area contributed by atoms with Gasteiger partial charge in [-0.05, 0) is 37.3 Å². The molecule has 0 fully saturated rings. The van der Waals surface area contributed by atoms with E-state index in [1.807, 2.05) is 32.2 Å². The minimum Gasteiger partial charge on any atom is -0.497 e. The molecule has 20 heavy (non-hydrogen) atoms. The second-order valence-corrected chi connectivity index (χ2v) is 5.23. The number of ether oxygens (including phenoxy) is 1. The van der Waals surface area contributed by atoms with E-state index in [2.05, 4.69) is 16.0 Å². The van der Waals surface area contributed by atoms with Gasteiger partial charge in [-0.3, -0.25) is 0 Å². The van der Waals surface area contributed by atoms with Gasteiger partial charge >= 0.3 is 0 Å². The van der Waals surface area contributed by atoms with Gasteiger partial charge in [0.1, 0.15) is 22.8 Å². The van der Waals surface area contributed by atoms with Crippen LogP contribution in [0.3, 0.4) is 0 Å². The van der Waals surface area contributed by atoms with Gasteiger partial charge in [-0.25, -0.2) is 9.97 Å². The molecule has 0 aliphatic rings. The molecule has 5 heteroatoms. The molecule has 1 unspecified atom stereocenters. The first-order valence-electron chi connectivity index (χ1n) is 6.64. The van der Waals surface area contributed by atoms with Gasteiger partial charge in [-0.1, -0.05) is 6.92 Å². The van der Waals surface area contributed by atoms with Gasteiger partial charge in [-0.15, -0.1) is 11.3 Å². The normalized spacial score (nSPS) is 13.2. The van der Waals surface area contributed by atoms with Crippen molar-refractivity contribution in [1.82, 2.24) is 9.97 Å². The first kappa shape index (κ1) is 14.5. The lowest BCUT2D eigenvalue weighted by atomic mass is 9.99. The van der Waals surface area contributed by atoms with E-state index in [-0.39, 0.29) is 0 Å². The lowest BCUT2D eigenvalue weighted by Gasteiger charge is -2.15. The van der Waals surface area contributed by atoms with E-state index >= 15 is 0 Å². The van der Waals surface area contributed by atoms with Crippen LogP contribution >= 0.6 is 11.3 Å². The summed E-state index contributed by atoms with van der Waals surface area (Å²) in [7, 11) is 0. The number of hydrogen-bond acceptors (Lipinski definition) is 5. The number of hydrogen-bond donors (Lipinski definition) is 0. The summed E-state index contributed by atoms with van der Waals surface area (Å²) in [4.78, 5) is 9.53. The molecular weight excluding hydrogens is 270 g/mol. The predicted molar refractivity (Wildman–Crippen MR) is 80.5 cm³/mol. The van der Waals surface area contributed by atoms with Crippen molar-refractivity contribution in [2.75, 3.05) is 6.61 Å². The molecule has 2 aromatic heterocycles. The number of rotatable bonds is 5. The van der Waals surface area contributed by atoms with E-state index in [1.54, 1.807) is 11.3 Å². The van der Waals surface area contributed by atoms with Crippen LogP contribution in [-0.4, -0.2) is 16.6 Å². The van der Waals surface area contributed by atoms with Gasteiger partial charge in [0.15, 0.2) is 0 Å². The first-order chi connectivity index (χ1) is 9.72. The minimum absolute atomic E-state index is 0.478. The largest absolute Gasteiger partial charge is 0.497 e. The van der Waals surface area contributed by atoms with E-state index in [0.717, 1.165) is 27.9 Å². The van der Waals surface area contributed by atoms with E-state index in [4.69, 9.17) is 4.74 Å². The monoisotopic (exact) mass is 287 g/mol. The summed E-state index contributed by atoms with van der Waals surface area (Å²) in [5.74, 6) is 0.205. The zero-order valence-corrected chi connectivity index (χ0v) is 12.7. The van der Waals surface area contributed by atoms with Crippen molar-refractivity contribution < 1.29 is 4.74 Å². The summed E-state index contributed by atoms with van der Waals surface area (Å²) < 4.78 is 5.64. The molecule has 4 nitrogen and oxygen atoms in total. The third kappa shape index (κ3) is 2.66. The number of allylic oxidation sites excluding steroid dienone is 2. The number of aryl methyl sites for hydroxylation is 1. The lowest BCUT2D eigenvalue weighted by Crippen LogP contribution is -2.07. The van der Waals surface area contributed by atoms with Crippen molar-refractivity contribution in [3.8, 4) is 6.07 Å². The molecule has 0 radical (unpaired) electrons. The van der Waals surface area contributed by atoms with Crippen LogP contribution in [0.1, 0.15) is 37.4 Å². The highest BCUT2D eigenvalue weighted by molar-refractivity contribution is 7.16. The minimum atomic E-state index is -0.478. The van der Waals surface area contributed by atoms with Crippen LogP contribution in [0, 0.1) is 18.3 Å². The van der Waals surface area contributed by atoms with Gasteiger partial charge in [-0.2, -0.15) is 5.26 Å². The summed E-state index contributed by atoms with van der Waals surface area (Å²) in [6.45, 7) is 6.51. The Bertz CT molecular complexity index is 669. The van der Waals surface area contributed by atoms with Crippen molar-refractivity contribution in [2.24, 2.45) is 0 Å². The molecule has 0 aliphatic heterocycles. The molecule has 2 rings (SSSR count). The molecule has 0 N–H and O–H groups in total. The topological polar surface area (TPSA) is 58.8 Å². The highest BCUT2D eigenvalue weighted by Crippen LogP contribution is 2.33. The van der Waals surface area contributed by atoms with Crippen LogP contribution in [0.2, 0.25) is 0 Å². The number of fused-ring (bicyclic) bond motifs is 1. The van der Waals surface area contributed by atoms with Crippen LogP contribution in [0.15, 0.2) is 23.5 Å². The third-order valence-corrected chi connectivity index (χ3v) is 3.99. The highest BCUT2D eigenvalue weighted by atomic mass is 32.1. The van der Waals surface area contributed by atoms with E-state index in [1.165, 1.54) is 6.33 Å². The highest BCUT2D eigenvalue weighted by Gasteiger charge is 2.23. The quantitative estimate of drug-likeness (QED) is 0.782. The molecule has 0 amide bonds. The number of nitriles is 1. The van der Waals surface area contributed by atoms with Crippen LogP contribution in [-0.2, 0) is 4.74 Å². The number of thiophene rings is 1. The molecule has 0 aliphatic carbocycles. The molecular formula is C15H17N3OS. The maximum absolute atomic E-state index is 9.56. The van der Waals surface area contributed by atoms with Crippen LogP contribution in [0.25, 0.3) is 10.2 Å². The van der Waals surface area contributed by atoms with E-state index in [9.17, 15) is 5.26 Å². The van der Waals surface area contributed by atoms with Crippen molar-refractivity contribution in [3.63, 3.8) is 0 Å². The molecule has 104 valence electrons. The fourth-order valence-corrected chi connectivity index (χ4v) is 3.05. The van der Waals surface area contributed by atoms with Gasteiger partial charge in [0.2, 0.25) is 0 Å². The first-order valence-corrected chi connectivity index (χ1v) is 7.52. The van der Waals surface area contributed by atoms with Crippen LogP contribution in [0.4, 0.5) is 0 Å². The summed E-state index contributed by atoms with van der Waals surface area (Å²) in [5.41, 5.74) is 1.84. The zero-order valence-electron chi connectivity index (χ0n) is 11.9. The Morgan fingerprint density at radius 1 is 1.50 bits per heavy atom. The van der Waals surface area contributed by atoms with Gasteiger partial charge in [0.25, 0.3) is 0 Å². The van der Waals surface area contributed by atoms with E-state index in [0.29, 0.717) is 12.4 Å². The Hall–Kier alpha value is -1.93. The maximum Gasteiger partial charge on any atom is 0.146 e. The van der Waals surface area contributed by atoms with Crippen molar-refractivity contribution >= 4 is 21.6 Å². The fraction of sp³-hybridized carbons (Fsp3) is 0.400. The molecule has 0 bridgehead atoms. The summed E-state index contributed by atoms with van der Waals surface area (Å²) in [5, 5.41) is 12.6. The average molecular weight is 287 g/mol. The predicted octanol–water partition coefficient (Wildman–Crippen LogP) is 3.94. The third-order valence-electron chi connectivity index (χ3n) is 2.99. The van der Waals surface area contributed by atoms with Crippen LogP contribution < -0.4 is 0 Å². The Morgan fingerprint density at radius 2 is 2.30 bits per heavy atom. The van der Waals surface area contributed by atoms with Crippen LogP contribution in [0.5, 0.6) is 0 Å². The Kier molecular flexibility index (Phi) is 4.70. The SMILES string of the molecule is CC/C=C(/OCC)C(C#N)c1ncnc2scc(C)c12. The second kappa shape index (κ2) is 6.49. The van der Waals surface area contributed by atoms with Gasteiger partial charge in [0.05, 0.1) is 18.4 Å². The molecule has 1 atom stereocenters. The molecule has 0 aromatic carbocycles. The van der Waals surface area contributed by atoms with Crippen molar-refractivity contribution in [1.29, 1.82) is 5.26 Å². The standard InChI is InChI=1S/C15H17N3OS/c1-4-6-12(19-5-2)11(7-16)14-13-10(3)8-20-15(13)18-9-17-14/h6,8-9,11H,4-5H2,1-3H3/b12-6+. The molecule has 2 heterocycles. The molecule has 2 aromatic rings. The van der Waals surface area contributed by atoms with Crippen molar-refractivity contribution in [3.05, 3.63) is 34.8 Å². The Morgan fingerprint density at radius 3 is 2.95 bits per heavy atom. The Balaban J connectivity index is 2.57. The summed E-state index contributed by atoms with van der Waals surface area (Å²) in [6, 6.07) is 2.32. The van der Waals surface area contributed by atoms with Crippen molar-refractivity contribution in [2.45, 2.75) is 33.1 Å². The number of aromatic nitrogens is 2. The maximum atomic E-state index is 9.56. The molecule has 0 saturated carbocycles. The lowest BCUT2D eigenvalue weighted by molar-refractivity contribution is 0.215. The van der Waals surface area contributed by atoms with E-state index < -0.39 is 5.92 Å². The average Bonchev–Trinajstić information content (AvgIpc) is 2.83. The number of nitrogens with zero attached hydrogens (tertiary/aromatic N) is 3. The molecule has 0 spiro atoms. The summed E-state index contributed by atoms with van der Waals surface area (Å²) >= 11 is 1.57. The van der Waals surface area contributed by atoms with Gasteiger partial charge in [0, 0.05) is 5.39 Å².